The molecule has 2 amide bonds. The predicted octanol–water partition coefficient (Wildman–Crippen LogP) is 3.51. The van der Waals surface area contributed by atoms with Crippen molar-refractivity contribution in [3.05, 3.63) is 88.7 Å². The second kappa shape index (κ2) is 18.5. The van der Waals surface area contributed by atoms with Gasteiger partial charge in [-0.3, -0.25) is 32.8 Å². The Labute approximate surface area is 350 Å². The zero-order chi connectivity index (χ0) is 44.1. The van der Waals surface area contributed by atoms with Gasteiger partial charge >= 0.3 is 0 Å². The summed E-state index contributed by atoms with van der Waals surface area (Å²) in [5, 5.41) is 7.03. The molecule has 0 aliphatic carbocycles. The van der Waals surface area contributed by atoms with Gasteiger partial charge in [-0.25, -0.2) is 4.98 Å². The molecular weight excluding hydrogens is 887 g/mol. The van der Waals surface area contributed by atoms with Crippen LogP contribution in [0.5, 0.6) is 0 Å². The molecule has 6 N–H and O–H groups in total. The van der Waals surface area contributed by atoms with E-state index in [4.69, 9.17) is 9.11 Å². The lowest BCUT2D eigenvalue weighted by molar-refractivity contribution is 0.0947. The van der Waals surface area contributed by atoms with E-state index >= 15 is 0 Å². The van der Waals surface area contributed by atoms with Gasteiger partial charge in [-0.15, -0.1) is 11.3 Å². The number of carbonyl (C=O) groups excluding carboxylic acids is 2. The molecule has 0 bridgehead atoms. The molecule has 0 saturated heterocycles. The van der Waals surface area contributed by atoms with Crippen LogP contribution in [0.3, 0.4) is 0 Å². The van der Waals surface area contributed by atoms with Crippen LogP contribution in [0.4, 0.5) is 11.4 Å². The van der Waals surface area contributed by atoms with Gasteiger partial charge in [-0.1, -0.05) is 18.2 Å². The number of carbonyl (C=O) groups is 2. The molecule has 60 heavy (non-hydrogen) atoms. The molecule has 3 heterocycles. The molecule has 2 aromatic carbocycles. The number of allylic oxidation sites excluding steroid dienone is 2. The van der Waals surface area contributed by atoms with E-state index in [1.807, 2.05) is 17.9 Å². The predicted molar refractivity (Wildman–Crippen MR) is 227 cm³/mol. The first-order valence-electron chi connectivity index (χ1n) is 18.0. The summed E-state index contributed by atoms with van der Waals surface area (Å²) >= 11 is 1.27. The number of aliphatic imine (C=N–C) groups is 1. The van der Waals surface area contributed by atoms with E-state index in [2.05, 4.69) is 20.6 Å². The number of fused-ring (bicyclic) bond motifs is 3. The van der Waals surface area contributed by atoms with Crippen LogP contribution >= 0.6 is 11.3 Å². The highest BCUT2D eigenvalue weighted by Gasteiger charge is 2.45. The number of para-hydroxylation sites is 1. The molecule has 324 valence electrons. The Kier molecular flexibility index (Phi) is 14.3. The van der Waals surface area contributed by atoms with Gasteiger partial charge in [0, 0.05) is 52.6 Å². The molecular formula is C36H41N5O14S5. The number of nitrogens with zero attached hydrogens (tertiary/aromatic N) is 3. The second-order valence-corrected chi connectivity index (χ2v) is 21.1. The van der Waals surface area contributed by atoms with Crippen LogP contribution in [0, 0.1) is 0 Å². The minimum absolute atomic E-state index is 0.0314. The fourth-order valence-corrected chi connectivity index (χ4v) is 9.45. The Balaban J connectivity index is 1.73. The van der Waals surface area contributed by atoms with Crippen LogP contribution in [-0.4, -0.2) is 118 Å². The fraction of sp³-hybridized carbons (Fsp3) is 0.333. The summed E-state index contributed by atoms with van der Waals surface area (Å²) in [6, 6.07) is 15.2. The molecule has 4 aromatic rings. The van der Waals surface area contributed by atoms with E-state index in [1.165, 1.54) is 23.5 Å². The van der Waals surface area contributed by atoms with Crippen LogP contribution < -0.4 is 15.5 Å². The van der Waals surface area contributed by atoms with E-state index < -0.39 is 93.8 Å². The number of rotatable bonds is 19. The number of aromatic nitrogens is 1. The van der Waals surface area contributed by atoms with E-state index in [0.717, 1.165) is 0 Å². The van der Waals surface area contributed by atoms with Crippen molar-refractivity contribution in [2.75, 3.05) is 47.5 Å². The van der Waals surface area contributed by atoms with Crippen molar-refractivity contribution in [2.24, 2.45) is 4.99 Å². The van der Waals surface area contributed by atoms with Crippen molar-refractivity contribution in [1.82, 2.24) is 15.6 Å². The topological polar surface area (TPSA) is 304 Å². The van der Waals surface area contributed by atoms with Crippen molar-refractivity contribution in [2.45, 2.75) is 31.6 Å². The zero-order valence-corrected chi connectivity index (χ0v) is 35.8. The number of thiophene rings is 1. The lowest BCUT2D eigenvalue weighted by Crippen LogP contribution is -2.32. The summed E-state index contributed by atoms with van der Waals surface area (Å²) in [5.41, 5.74) is 1.26. The van der Waals surface area contributed by atoms with Gasteiger partial charge in [-0.05, 0) is 85.2 Å². The molecule has 1 aliphatic heterocycles. The van der Waals surface area contributed by atoms with Crippen molar-refractivity contribution >= 4 is 91.3 Å². The lowest BCUT2D eigenvalue weighted by Gasteiger charge is -2.30. The molecule has 2 aromatic heterocycles. The molecule has 24 heteroatoms. The van der Waals surface area contributed by atoms with Crippen LogP contribution in [-0.2, 0) is 45.9 Å². The monoisotopic (exact) mass is 927 g/mol. The number of anilines is 1. The number of hydrogen-bond donors (Lipinski definition) is 6. The van der Waals surface area contributed by atoms with Gasteiger partial charge in [0.15, 0.2) is 0 Å². The Morgan fingerprint density at radius 1 is 0.783 bits per heavy atom. The fourth-order valence-electron chi connectivity index (χ4n) is 6.79. The SMILES string of the molecule is CC1(CCCS(=O)(=O)O)/C(=C\C=N/c2ccccc2)N(CCCS(=O)(=O)O)c2c1cc(-c1cc(C(=O)NCCS(=O)(=O)O)nc(C(=O)NCCS(=O)(=O)O)c1)c1sccc21. The van der Waals surface area contributed by atoms with Crippen molar-refractivity contribution in [1.29, 1.82) is 0 Å². The first-order chi connectivity index (χ1) is 27.9. The maximum atomic E-state index is 13.3. The Morgan fingerprint density at radius 2 is 1.33 bits per heavy atom. The van der Waals surface area contributed by atoms with Crippen molar-refractivity contribution in [3.63, 3.8) is 0 Å². The molecule has 0 fully saturated rings. The summed E-state index contributed by atoms with van der Waals surface area (Å²) in [4.78, 5) is 37.2. The van der Waals surface area contributed by atoms with Crippen LogP contribution in [0.1, 0.15) is 52.7 Å². The van der Waals surface area contributed by atoms with Crippen molar-refractivity contribution in [3.8, 4) is 11.1 Å². The highest BCUT2D eigenvalue weighted by molar-refractivity contribution is 7.86. The van der Waals surface area contributed by atoms with Gasteiger partial charge in [0.2, 0.25) is 0 Å². The molecule has 0 saturated carbocycles. The molecule has 1 atom stereocenters. The number of benzene rings is 2. The number of hydrogen-bond acceptors (Lipinski definition) is 14. The molecule has 0 radical (unpaired) electrons. The number of pyridine rings is 1. The maximum absolute atomic E-state index is 13.3. The summed E-state index contributed by atoms with van der Waals surface area (Å²) in [6.45, 7) is 0.849. The van der Waals surface area contributed by atoms with Crippen LogP contribution in [0.2, 0.25) is 0 Å². The summed E-state index contributed by atoms with van der Waals surface area (Å²) in [7, 11) is -17.7. The third-order valence-electron chi connectivity index (χ3n) is 9.40. The first-order valence-corrected chi connectivity index (χ1v) is 25.3. The van der Waals surface area contributed by atoms with Gasteiger partial charge in [0.1, 0.15) is 11.4 Å². The molecule has 19 nitrogen and oxygen atoms in total. The van der Waals surface area contributed by atoms with Crippen LogP contribution in [0.15, 0.2) is 76.7 Å². The largest absolute Gasteiger partial charge is 0.350 e. The average Bonchev–Trinajstić information content (AvgIpc) is 3.71. The number of nitrogens with one attached hydrogen (secondary N) is 2. The molecule has 5 rings (SSSR count). The summed E-state index contributed by atoms with van der Waals surface area (Å²) < 4.78 is 131. The Bertz CT molecular complexity index is 2720. The van der Waals surface area contributed by atoms with Crippen LogP contribution in [0.25, 0.3) is 21.2 Å². The maximum Gasteiger partial charge on any atom is 0.269 e. The first kappa shape index (κ1) is 46.4. The highest BCUT2D eigenvalue weighted by atomic mass is 32.2. The Morgan fingerprint density at radius 3 is 1.88 bits per heavy atom. The standard InChI is InChI=1S/C36H41N5O14S5/c1-36(11-5-17-57(44,45)46)28-23-27(24-21-29(34(42)38-13-19-59(50,51)52)40-30(22-24)35(43)39-14-20-60(53,54)55)33-26(10-16-56-33)32(28)41(15-6-18-58(47,48)49)31(36)9-12-37-25-7-3-2-4-8-25/h2-4,7-10,12,16,21-23H,5-6,11,13-15,17-20H2,1H3,(H,38,42)(H,39,43)(H,44,45,46)(H,47,48,49)(H,50,51,52)(H,53,54,55)/b31-9+,37-12-. The summed E-state index contributed by atoms with van der Waals surface area (Å²) in [6.07, 6.45) is 3.31. The Hall–Kier alpha value is -4.66. The third kappa shape index (κ3) is 12.4. The quantitative estimate of drug-likeness (QED) is 0.0579. The average molecular weight is 928 g/mol. The minimum atomic E-state index is -4.46. The normalized spacial score (nSPS) is 16.8. The van der Waals surface area contributed by atoms with E-state index in [-0.39, 0.29) is 42.8 Å². The molecule has 1 aliphatic rings. The molecule has 1 unspecified atom stereocenters. The smallest absolute Gasteiger partial charge is 0.269 e. The van der Waals surface area contributed by atoms with E-state index in [9.17, 15) is 52.4 Å². The zero-order valence-electron chi connectivity index (χ0n) is 31.8. The van der Waals surface area contributed by atoms with Crippen molar-refractivity contribution < 1.29 is 61.5 Å². The van der Waals surface area contributed by atoms with Gasteiger partial charge < -0.3 is 15.5 Å². The van der Waals surface area contributed by atoms with Gasteiger partial charge in [0.05, 0.1) is 34.4 Å². The van der Waals surface area contributed by atoms with Gasteiger partial charge in [0.25, 0.3) is 52.3 Å². The molecule has 0 spiro atoms. The van der Waals surface area contributed by atoms with Gasteiger partial charge in [-0.2, -0.15) is 33.7 Å². The third-order valence-corrected chi connectivity index (χ3v) is 13.4. The highest BCUT2D eigenvalue weighted by Crippen LogP contribution is 2.55. The van der Waals surface area contributed by atoms with E-state index in [1.54, 1.807) is 54.1 Å². The second-order valence-electron chi connectivity index (χ2n) is 13.9. The number of amides is 2. The van der Waals surface area contributed by atoms with E-state index in [0.29, 0.717) is 38.3 Å². The summed E-state index contributed by atoms with van der Waals surface area (Å²) in [5.74, 6) is -4.68. The minimum Gasteiger partial charge on any atom is -0.350 e. The lowest BCUT2D eigenvalue weighted by atomic mass is 9.76.